The molecule has 0 aliphatic rings. The standard InChI is InChI=1S/C21H23N5O2/c1-15(27)24-17-4-3-5-18(14-17)25-21-23-13-11-20(26-21)22-12-10-16-6-8-19(28-2)9-7-16/h3-9,11,13-14H,10,12H2,1-2H3,(H,24,27)(H2,22,23,25,26). The van der Waals surface area contributed by atoms with Crippen molar-refractivity contribution < 1.29 is 9.53 Å². The maximum Gasteiger partial charge on any atom is 0.229 e. The molecule has 0 saturated carbocycles. The van der Waals surface area contributed by atoms with E-state index in [0.29, 0.717) is 11.6 Å². The molecule has 7 nitrogen and oxygen atoms in total. The van der Waals surface area contributed by atoms with E-state index in [1.165, 1.54) is 12.5 Å². The van der Waals surface area contributed by atoms with Crippen molar-refractivity contribution in [2.75, 3.05) is 29.6 Å². The smallest absolute Gasteiger partial charge is 0.229 e. The van der Waals surface area contributed by atoms with Crippen molar-refractivity contribution >= 4 is 29.0 Å². The second kappa shape index (κ2) is 9.36. The van der Waals surface area contributed by atoms with E-state index in [1.54, 1.807) is 13.3 Å². The minimum atomic E-state index is -0.114. The van der Waals surface area contributed by atoms with Gasteiger partial charge in [-0.15, -0.1) is 0 Å². The molecule has 1 amide bonds. The summed E-state index contributed by atoms with van der Waals surface area (Å²) in [7, 11) is 1.66. The number of nitrogens with zero attached hydrogens (tertiary/aromatic N) is 2. The summed E-state index contributed by atoms with van der Waals surface area (Å²) in [6.07, 6.45) is 2.57. The molecule has 1 aromatic heterocycles. The molecule has 0 saturated heterocycles. The second-order valence-electron chi connectivity index (χ2n) is 6.18. The van der Waals surface area contributed by atoms with Gasteiger partial charge in [0.1, 0.15) is 11.6 Å². The van der Waals surface area contributed by atoms with E-state index < -0.39 is 0 Å². The monoisotopic (exact) mass is 377 g/mol. The first kappa shape index (κ1) is 19.2. The summed E-state index contributed by atoms with van der Waals surface area (Å²) in [6.45, 7) is 2.23. The number of hydrogen-bond acceptors (Lipinski definition) is 6. The molecule has 7 heteroatoms. The molecule has 3 N–H and O–H groups in total. The van der Waals surface area contributed by atoms with Gasteiger partial charge in [-0.1, -0.05) is 18.2 Å². The number of nitrogens with one attached hydrogen (secondary N) is 3. The lowest BCUT2D eigenvalue weighted by atomic mass is 10.1. The van der Waals surface area contributed by atoms with Crippen LogP contribution in [0.25, 0.3) is 0 Å². The third-order valence-electron chi connectivity index (χ3n) is 3.97. The summed E-state index contributed by atoms with van der Waals surface area (Å²) < 4.78 is 5.17. The van der Waals surface area contributed by atoms with E-state index >= 15 is 0 Å². The zero-order chi connectivity index (χ0) is 19.8. The predicted molar refractivity (Wildman–Crippen MR) is 111 cm³/mol. The van der Waals surface area contributed by atoms with Gasteiger partial charge in [0.2, 0.25) is 11.9 Å². The lowest BCUT2D eigenvalue weighted by Crippen LogP contribution is -2.08. The Kier molecular flexibility index (Phi) is 6.41. The summed E-state index contributed by atoms with van der Waals surface area (Å²) in [5, 5.41) is 9.21. The first-order valence-corrected chi connectivity index (χ1v) is 8.97. The third-order valence-corrected chi connectivity index (χ3v) is 3.97. The van der Waals surface area contributed by atoms with Crippen molar-refractivity contribution in [1.82, 2.24) is 9.97 Å². The molecule has 0 atom stereocenters. The molecule has 3 aromatic rings. The number of aromatic nitrogens is 2. The Balaban J connectivity index is 1.57. The summed E-state index contributed by atoms with van der Waals surface area (Å²) in [4.78, 5) is 19.9. The average Bonchev–Trinajstić information content (AvgIpc) is 2.69. The number of methoxy groups -OCH3 is 1. The van der Waals surface area contributed by atoms with Crippen molar-refractivity contribution in [1.29, 1.82) is 0 Å². The van der Waals surface area contributed by atoms with Gasteiger partial charge < -0.3 is 20.7 Å². The van der Waals surface area contributed by atoms with E-state index in [2.05, 4.69) is 38.1 Å². The highest BCUT2D eigenvalue weighted by Crippen LogP contribution is 2.19. The van der Waals surface area contributed by atoms with Crippen molar-refractivity contribution in [2.24, 2.45) is 0 Å². The third kappa shape index (κ3) is 5.70. The molecular weight excluding hydrogens is 354 g/mol. The maximum absolute atomic E-state index is 11.2. The van der Waals surface area contributed by atoms with Crippen molar-refractivity contribution in [3.8, 4) is 5.75 Å². The highest BCUT2D eigenvalue weighted by Gasteiger charge is 2.03. The molecular formula is C21H23N5O2. The summed E-state index contributed by atoms with van der Waals surface area (Å²) in [5.74, 6) is 1.96. The number of anilines is 4. The first-order valence-electron chi connectivity index (χ1n) is 8.97. The van der Waals surface area contributed by atoms with Crippen LogP contribution in [-0.2, 0) is 11.2 Å². The van der Waals surface area contributed by atoms with Gasteiger partial charge in [0.15, 0.2) is 0 Å². The SMILES string of the molecule is COc1ccc(CCNc2ccnc(Nc3cccc(NC(C)=O)c3)n2)cc1. The van der Waals surface area contributed by atoms with E-state index in [0.717, 1.165) is 30.2 Å². The molecule has 0 radical (unpaired) electrons. The van der Waals surface area contributed by atoms with Crippen LogP contribution in [0.4, 0.5) is 23.1 Å². The number of benzene rings is 2. The largest absolute Gasteiger partial charge is 0.497 e. The molecule has 0 unspecified atom stereocenters. The van der Waals surface area contributed by atoms with Crippen LogP contribution in [0.3, 0.4) is 0 Å². The van der Waals surface area contributed by atoms with Gasteiger partial charge in [-0.05, 0) is 48.4 Å². The molecule has 28 heavy (non-hydrogen) atoms. The topological polar surface area (TPSA) is 88.2 Å². The van der Waals surface area contributed by atoms with Crippen LogP contribution in [0.1, 0.15) is 12.5 Å². The van der Waals surface area contributed by atoms with Crippen LogP contribution in [0.15, 0.2) is 60.8 Å². The van der Waals surface area contributed by atoms with Crippen LogP contribution < -0.4 is 20.7 Å². The van der Waals surface area contributed by atoms with Crippen LogP contribution in [-0.4, -0.2) is 29.5 Å². The molecule has 0 bridgehead atoms. The Hall–Kier alpha value is -3.61. The Morgan fingerprint density at radius 3 is 2.61 bits per heavy atom. The Morgan fingerprint density at radius 1 is 1.07 bits per heavy atom. The van der Waals surface area contributed by atoms with Gasteiger partial charge in [-0.2, -0.15) is 4.98 Å². The van der Waals surface area contributed by atoms with E-state index in [1.807, 2.05) is 42.5 Å². The molecule has 3 rings (SSSR count). The zero-order valence-corrected chi connectivity index (χ0v) is 15.9. The normalized spacial score (nSPS) is 10.2. The van der Waals surface area contributed by atoms with E-state index in [-0.39, 0.29) is 5.91 Å². The molecule has 2 aromatic carbocycles. The first-order chi connectivity index (χ1) is 13.6. The molecule has 0 spiro atoms. The summed E-state index contributed by atoms with van der Waals surface area (Å²) >= 11 is 0. The number of carbonyl (C=O) groups is 1. The predicted octanol–water partition coefficient (Wildman–Crippen LogP) is 3.84. The molecule has 0 aliphatic carbocycles. The number of carbonyl (C=O) groups excluding carboxylic acids is 1. The maximum atomic E-state index is 11.2. The van der Waals surface area contributed by atoms with Crippen LogP contribution in [0.5, 0.6) is 5.75 Å². The van der Waals surface area contributed by atoms with Gasteiger partial charge in [0.05, 0.1) is 7.11 Å². The fourth-order valence-corrected chi connectivity index (χ4v) is 2.65. The molecule has 144 valence electrons. The summed E-state index contributed by atoms with van der Waals surface area (Å²) in [6, 6.07) is 17.2. The average molecular weight is 377 g/mol. The Bertz CT molecular complexity index is 928. The Morgan fingerprint density at radius 2 is 1.86 bits per heavy atom. The fourth-order valence-electron chi connectivity index (χ4n) is 2.65. The van der Waals surface area contributed by atoms with Gasteiger partial charge in [-0.25, -0.2) is 4.98 Å². The Labute approximate surface area is 164 Å². The van der Waals surface area contributed by atoms with E-state index in [4.69, 9.17) is 4.74 Å². The van der Waals surface area contributed by atoms with Gasteiger partial charge in [0, 0.05) is 31.0 Å². The van der Waals surface area contributed by atoms with Gasteiger partial charge >= 0.3 is 0 Å². The lowest BCUT2D eigenvalue weighted by molar-refractivity contribution is -0.114. The fraction of sp³-hybridized carbons (Fsp3) is 0.190. The second-order valence-corrected chi connectivity index (χ2v) is 6.18. The van der Waals surface area contributed by atoms with Crippen LogP contribution >= 0.6 is 0 Å². The molecule has 0 aliphatic heterocycles. The number of amides is 1. The highest BCUT2D eigenvalue weighted by molar-refractivity contribution is 5.89. The highest BCUT2D eigenvalue weighted by atomic mass is 16.5. The quantitative estimate of drug-likeness (QED) is 0.553. The number of rotatable bonds is 8. The van der Waals surface area contributed by atoms with Crippen molar-refractivity contribution in [3.63, 3.8) is 0 Å². The van der Waals surface area contributed by atoms with Crippen molar-refractivity contribution in [3.05, 3.63) is 66.4 Å². The number of hydrogen-bond donors (Lipinski definition) is 3. The molecule has 1 heterocycles. The van der Waals surface area contributed by atoms with Crippen LogP contribution in [0.2, 0.25) is 0 Å². The summed E-state index contributed by atoms with van der Waals surface area (Å²) in [5.41, 5.74) is 2.73. The van der Waals surface area contributed by atoms with Gasteiger partial charge in [-0.3, -0.25) is 4.79 Å². The minimum absolute atomic E-state index is 0.114. The zero-order valence-electron chi connectivity index (χ0n) is 15.9. The lowest BCUT2D eigenvalue weighted by Gasteiger charge is -2.10. The molecule has 0 fully saturated rings. The van der Waals surface area contributed by atoms with Gasteiger partial charge in [0.25, 0.3) is 0 Å². The minimum Gasteiger partial charge on any atom is -0.497 e. The van der Waals surface area contributed by atoms with E-state index in [9.17, 15) is 4.79 Å². The van der Waals surface area contributed by atoms with Crippen molar-refractivity contribution in [2.45, 2.75) is 13.3 Å². The van der Waals surface area contributed by atoms with Crippen LogP contribution in [0, 0.1) is 0 Å². The number of ether oxygens (including phenoxy) is 1.